The van der Waals surface area contributed by atoms with E-state index >= 15 is 0 Å². The van der Waals surface area contributed by atoms with Crippen LogP contribution in [0.15, 0.2) is 53.4 Å². The SMILES string of the molecule is COC(=O)c1ccc(CN2C(=O)NS(=O)(=O)c3ccccc32)cc1. The molecule has 0 radical (unpaired) electrons. The molecule has 0 bridgehead atoms. The van der Waals surface area contributed by atoms with Crippen molar-refractivity contribution in [1.29, 1.82) is 0 Å². The van der Waals surface area contributed by atoms with Crippen molar-refractivity contribution < 1.29 is 22.7 Å². The first kappa shape index (κ1) is 16.0. The summed E-state index contributed by atoms with van der Waals surface area (Å²) < 4.78 is 30.7. The Balaban J connectivity index is 1.92. The highest BCUT2D eigenvalue weighted by atomic mass is 32.2. The number of amides is 2. The Kier molecular flexibility index (Phi) is 3.98. The monoisotopic (exact) mass is 346 g/mol. The zero-order valence-electron chi connectivity index (χ0n) is 12.7. The summed E-state index contributed by atoms with van der Waals surface area (Å²) in [6.07, 6.45) is 0. The van der Waals surface area contributed by atoms with Crippen LogP contribution in [0.25, 0.3) is 0 Å². The third-order valence-corrected chi connectivity index (χ3v) is 5.00. The molecule has 1 N–H and O–H groups in total. The summed E-state index contributed by atoms with van der Waals surface area (Å²) in [5, 5.41) is 0. The van der Waals surface area contributed by atoms with E-state index in [2.05, 4.69) is 4.74 Å². The number of urea groups is 1. The normalized spacial score (nSPS) is 15.4. The maximum absolute atomic E-state index is 12.2. The molecule has 8 heteroatoms. The van der Waals surface area contributed by atoms with Gasteiger partial charge in [0.1, 0.15) is 4.90 Å². The number of esters is 1. The lowest BCUT2D eigenvalue weighted by Gasteiger charge is -2.29. The van der Waals surface area contributed by atoms with Crippen molar-refractivity contribution in [3.63, 3.8) is 0 Å². The Morgan fingerprint density at radius 1 is 1.12 bits per heavy atom. The van der Waals surface area contributed by atoms with Crippen molar-refractivity contribution >= 4 is 27.7 Å². The molecule has 0 unspecified atom stereocenters. The summed E-state index contributed by atoms with van der Waals surface area (Å²) in [6, 6.07) is 12.1. The summed E-state index contributed by atoms with van der Waals surface area (Å²) >= 11 is 0. The predicted octanol–water partition coefficient (Wildman–Crippen LogP) is 1.89. The Morgan fingerprint density at radius 2 is 1.79 bits per heavy atom. The summed E-state index contributed by atoms with van der Waals surface area (Å²) in [4.78, 5) is 25.0. The van der Waals surface area contributed by atoms with Gasteiger partial charge in [0.25, 0.3) is 10.0 Å². The van der Waals surface area contributed by atoms with Gasteiger partial charge in [-0.3, -0.25) is 4.90 Å². The van der Waals surface area contributed by atoms with Crippen LogP contribution in [-0.2, 0) is 21.3 Å². The van der Waals surface area contributed by atoms with Crippen molar-refractivity contribution in [3.8, 4) is 0 Å². The van der Waals surface area contributed by atoms with Crippen molar-refractivity contribution in [2.24, 2.45) is 0 Å². The van der Waals surface area contributed by atoms with Gasteiger partial charge in [-0.2, -0.15) is 0 Å². The molecule has 0 saturated carbocycles. The molecule has 2 aromatic carbocycles. The molecule has 0 aromatic heterocycles. The molecular weight excluding hydrogens is 332 g/mol. The number of sulfonamides is 1. The maximum Gasteiger partial charge on any atom is 0.337 e. The molecule has 3 rings (SSSR count). The molecule has 1 aliphatic rings. The van der Waals surface area contributed by atoms with Gasteiger partial charge in [-0.05, 0) is 29.8 Å². The van der Waals surface area contributed by atoms with Gasteiger partial charge in [-0.1, -0.05) is 24.3 Å². The first-order chi connectivity index (χ1) is 11.4. The summed E-state index contributed by atoms with van der Waals surface area (Å²) in [7, 11) is -2.54. The second-order valence-electron chi connectivity index (χ2n) is 5.15. The lowest BCUT2D eigenvalue weighted by atomic mass is 10.1. The van der Waals surface area contributed by atoms with Gasteiger partial charge in [0.2, 0.25) is 0 Å². The van der Waals surface area contributed by atoms with Gasteiger partial charge in [-0.15, -0.1) is 0 Å². The molecular formula is C16H14N2O5S. The number of hydrogen-bond donors (Lipinski definition) is 1. The molecule has 2 amide bonds. The van der Waals surface area contributed by atoms with Gasteiger partial charge in [0.15, 0.2) is 0 Å². The van der Waals surface area contributed by atoms with Crippen molar-refractivity contribution in [3.05, 3.63) is 59.7 Å². The van der Waals surface area contributed by atoms with Crippen LogP contribution >= 0.6 is 0 Å². The third kappa shape index (κ3) is 2.83. The lowest BCUT2D eigenvalue weighted by molar-refractivity contribution is 0.0600. The van der Waals surface area contributed by atoms with E-state index < -0.39 is 22.0 Å². The second-order valence-corrected chi connectivity index (χ2v) is 6.80. The van der Waals surface area contributed by atoms with E-state index in [1.807, 2.05) is 4.72 Å². The average molecular weight is 346 g/mol. The van der Waals surface area contributed by atoms with Crippen molar-refractivity contribution in [1.82, 2.24) is 4.72 Å². The second kappa shape index (κ2) is 5.97. The van der Waals surface area contributed by atoms with Gasteiger partial charge in [0, 0.05) is 0 Å². The standard InChI is InChI=1S/C16H14N2O5S/c1-23-15(19)12-8-6-11(7-9-12)10-18-13-4-2-3-5-14(13)24(21,22)17-16(18)20/h2-9H,10H2,1H3,(H,17,20). The lowest BCUT2D eigenvalue weighted by Crippen LogP contribution is -2.47. The first-order valence-corrected chi connectivity index (χ1v) is 8.51. The number of fused-ring (bicyclic) bond motifs is 1. The van der Waals surface area contributed by atoms with E-state index in [-0.39, 0.29) is 11.4 Å². The molecule has 2 aromatic rings. The fourth-order valence-electron chi connectivity index (χ4n) is 2.45. The van der Waals surface area contributed by atoms with Gasteiger partial charge >= 0.3 is 12.0 Å². The summed E-state index contributed by atoms with van der Waals surface area (Å²) in [5.74, 6) is -0.450. The molecule has 7 nitrogen and oxygen atoms in total. The largest absolute Gasteiger partial charge is 0.465 e. The first-order valence-electron chi connectivity index (χ1n) is 7.03. The Labute approximate surface area is 138 Å². The number of methoxy groups -OCH3 is 1. The van der Waals surface area contributed by atoms with Crippen LogP contribution in [0.5, 0.6) is 0 Å². The number of hydrogen-bond acceptors (Lipinski definition) is 5. The van der Waals surface area contributed by atoms with E-state index in [0.29, 0.717) is 11.3 Å². The van der Waals surface area contributed by atoms with Gasteiger partial charge in [0.05, 0.1) is 24.9 Å². The van der Waals surface area contributed by atoms with Crippen LogP contribution in [0.2, 0.25) is 0 Å². The predicted molar refractivity (Wildman–Crippen MR) is 86.1 cm³/mol. The molecule has 0 fully saturated rings. The minimum atomic E-state index is -3.84. The van der Waals surface area contributed by atoms with Gasteiger partial charge in [-0.25, -0.2) is 22.7 Å². The number of benzene rings is 2. The van der Waals surface area contributed by atoms with E-state index in [9.17, 15) is 18.0 Å². The minimum absolute atomic E-state index is 0.0516. The third-order valence-electron chi connectivity index (χ3n) is 3.63. The van der Waals surface area contributed by atoms with E-state index in [4.69, 9.17) is 0 Å². The Bertz CT molecular complexity index is 906. The molecule has 1 aliphatic heterocycles. The number of carbonyl (C=O) groups excluding carboxylic acids is 2. The van der Waals surface area contributed by atoms with Crippen LogP contribution in [0.1, 0.15) is 15.9 Å². The fourth-order valence-corrected chi connectivity index (χ4v) is 3.61. The molecule has 0 saturated heterocycles. The summed E-state index contributed by atoms with van der Waals surface area (Å²) in [6.45, 7) is 0.166. The maximum atomic E-state index is 12.2. The van der Waals surface area contributed by atoms with Crippen LogP contribution in [0.4, 0.5) is 10.5 Å². The number of nitrogens with one attached hydrogen (secondary N) is 1. The Hall–Kier alpha value is -2.87. The van der Waals surface area contributed by atoms with Crippen LogP contribution in [0.3, 0.4) is 0 Å². The number of para-hydroxylation sites is 1. The number of rotatable bonds is 3. The molecule has 1 heterocycles. The fraction of sp³-hybridized carbons (Fsp3) is 0.125. The highest BCUT2D eigenvalue weighted by Gasteiger charge is 2.33. The van der Waals surface area contributed by atoms with Crippen molar-refractivity contribution in [2.45, 2.75) is 11.4 Å². The number of anilines is 1. The van der Waals surface area contributed by atoms with Crippen LogP contribution in [0, 0.1) is 0 Å². The average Bonchev–Trinajstić information content (AvgIpc) is 2.58. The van der Waals surface area contributed by atoms with Crippen LogP contribution in [-0.4, -0.2) is 27.5 Å². The van der Waals surface area contributed by atoms with E-state index in [0.717, 1.165) is 5.56 Å². The molecule has 0 aliphatic carbocycles. The minimum Gasteiger partial charge on any atom is -0.465 e. The van der Waals surface area contributed by atoms with Gasteiger partial charge < -0.3 is 4.74 Å². The summed E-state index contributed by atoms with van der Waals surface area (Å²) in [5.41, 5.74) is 1.46. The van der Waals surface area contributed by atoms with Crippen LogP contribution < -0.4 is 9.62 Å². The molecule has 0 spiro atoms. The Morgan fingerprint density at radius 3 is 2.46 bits per heavy atom. The molecule has 24 heavy (non-hydrogen) atoms. The zero-order valence-corrected chi connectivity index (χ0v) is 13.5. The van der Waals surface area contributed by atoms with Crippen molar-refractivity contribution in [2.75, 3.05) is 12.0 Å². The van der Waals surface area contributed by atoms with E-state index in [1.165, 1.54) is 18.1 Å². The number of carbonyl (C=O) groups is 2. The quantitative estimate of drug-likeness (QED) is 0.857. The smallest absolute Gasteiger partial charge is 0.337 e. The molecule has 124 valence electrons. The number of nitrogens with zero attached hydrogens (tertiary/aromatic N) is 1. The molecule has 0 atom stereocenters. The number of ether oxygens (including phenoxy) is 1. The van der Waals surface area contributed by atoms with E-state index in [1.54, 1.807) is 42.5 Å². The highest BCUT2D eigenvalue weighted by molar-refractivity contribution is 7.90. The zero-order chi connectivity index (χ0) is 17.3. The topological polar surface area (TPSA) is 92.8 Å². The highest BCUT2D eigenvalue weighted by Crippen LogP contribution is 2.30.